The average molecular weight is 485 g/mol. The first-order chi connectivity index (χ1) is 16.2. The van der Waals surface area contributed by atoms with Crippen LogP contribution in [0, 0.1) is 6.92 Å². The number of nitrogens with zero attached hydrogens (tertiary/aromatic N) is 3. The average Bonchev–Trinajstić information content (AvgIpc) is 3.09. The van der Waals surface area contributed by atoms with Gasteiger partial charge in [0.2, 0.25) is 5.91 Å². The van der Waals surface area contributed by atoms with E-state index >= 15 is 0 Å². The lowest BCUT2D eigenvalue weighted by atomic mass is 10.2. The SMILES string of the molecule is Cc1cccc(NS(=O)(=O)c2ccc3c(c2)c(=O)n(CC(=O)N2CCCCCC2)c(=O)n3C)c1. The fourth-order valence-electron chi connectivity index (χ4n) is 4.28. The molecule has 0 unspecified atom stereocenters. The van der Waals surface area contributed by atoms with Crippen molar-refractivity contribution in [3.05, 3.63) is 68.9 Å². The zero-order chi connectivity index (χ0) is 24.5. The van der Waals surface area contributed by atoms with Crippen LogP contribution in [-0.4, -0.2) is 41.4 Å². The van der Waals surface area contributed by atoms with E-state index in [0.717, 1.165) is 35.8 Å². The van der Waals surface area contributed by atoms with Crippen molar-refractivity contribution in [2.45, 2.75) is 44.0 Å². The predicted molar refractivity (Wildman–Crippen MR) is 130 cm³/mol. The largest absolute Gasteiger partial charge is 0.341 e. The Bertz CT molecular complexity index is 1460. The second-order valence-electron chi connectivity index (χ2n) is 8.68. The number of aryl methyl sites for hydroxylation is 2. The van der Waals surface area contributed by atoms with Gasteiger partial charge in [-0.1, -0.05) is 25.0 Å². The van der Waals surface area contributed by atoms with Crippen LogP contribution in [0.3, 0.4) is 0 Å². The fraction of sp³-hybridized carbons (Fsp3) is 0.375. The minimum absolute atomic E-state index is 0.0536. The highest BCUT2D eigenvalue weighted by Crippen LogP contribution is 2.20. The molecule has 1 fully saturated rings. The number of carbonyl (C=O) groups excluding carboxylic acids is 1. The monoisotopic (exact) mass is 484 g/mol. The zero-order valence-corrected chi connectivity index (χ0v) is 20.1. The lowest BCUT2D eigenvalue weighted by Crippen LogP contribution is -2.44. The number of fused-ring (bicyclic) bond motifs is 1. The summed E-state index contributed by atoms with van der Waals surface area (Å²) >= 11 is 0. The summed E-state index contributed by atoms with van der Waals surface area (Å²) in [5.41, 5.74) is 0.290. The van der Waals surface area contributed by atoms with Gasteiger partial charge in [-0.2, -0.15) is 0 Å². The van der Waals surface area contributed by atoms with Crippen molar-refractivity contribution in [3.63, 3.8) is 0 Å². The highest BCUT2D eigenvalue weighted by molar-refractivity contribution is 7.92. The van der Waals surface area contributed by atoms with Gasteiger partial charge >= 0.3 is 5.69 Å². The van der Waals surface area contributed by atoms with Gasteiger partial charge in [0.1, 0.15) is 6.54 Å². The molecule has 2 heterocycles. The van der Waals surface area contributed by atoms with Crippen LogP contribution in [-0.2, 0) is 28.4 Å². The Morgan fingerprint density at radius 3 is 2.38 bits per heavy atom. The van der Waals surface area contributed by atoms with E-state index in [-0.39, 0.29) is 22.7 Å². The number of likely N-dealkylation sites (tertiary alicyclic amines) is 1. The summed E-state index contributed by atoms with van der Waals surface area (Å²) in [6.07, 6.45) is 3.89. The molecule has 0 radical (unpaired) electrons. The summed E-state index contributed by atoms with van der Waals surface area (Å²) in [6, 6.07) is 11.0. The molecule has 4 rings (SSSR count). The summed E-state index contributed by atoms with van der Waals surface area (Å²) in [5, 5.41) is 0.0536. The van der Waals surface area contributed by atoms with E-state index in [1.54, 1.807) is 23.1 Å². The Hall–Kier alpha value is -3.40. The van der Waals surface area contributed by atoms with Crippen LogP contribution >= 0.6 is 0 Å². The van der Waals surface area contributed by atoms with Crippen LogP contribution in [0.2, 0.25) is 0 Å². The highest BCUT2D eigenvalue weighted by Gasteiger charge is 2.21. The van der Waals surface area contributed by atoms with Crippen molar-refractivity contribution in [1.29, 1.82) is 0 Å². The molecule has 10 heteroatoms. The molecule has 1 aliphatic heterocycles. The quantitative estimate of drug-likeness (QED) is 0.597. The predicted octanol–water partition coefficient (Wildman–Crippen LogP) is 2.21. The number of aromatic nitrogens is 2. The van der Waals surface area contributed by atoms with Crippen molar-refractivity contribution in [1.82, 2.24) is 14.0 Å². The molecule has 2 aromatic carbocycles. The van der Waals surface area contributed by atoms with E-state index in [0.29, 0.717) is 24.3 Å². The minimum Gasteiger partial charge on any atom is -0.341 e. The minimum atomic E-state index is -3.98. The fourth-order valence-corrected chi connectivity index (χ4v) is 5.36. The molecule has 9 nitrogen and oxygen atoms in total. The Morgan fingerprint density at radius 1 is 1.00 bits per heavy atom. The molecule has 34 heavy (non-hydrogen) atoms. The van der Waals surface area contributed by atoms with Crippen LogP contribution < -0.4 is 16.0 Å². The second-order valence-corrected chi connectivity index (χ2v) is 10.4. The van der Waals surface area contributed by atoms with E-state index in [2.05, 4.69) is 4.72 Å². The summed E-state index contributed by atoms with van der Waals surface area (Å²) in [4.78, 5) is 40.5. The standard InChI is InChI=1S/C24H28N4O5S/c1-17-8-7-9-18(14-17)25-34(32,33)19-10-11-21-20(15-19)23(30)28(24(31)26(21)2)16-22(29)27-12-5-3-4-6-13-27/h7-11,14-15,25H,3-6,12-13,16H2,1-2H3. The third-order valence-corrected chi connectivity index (χ3v) is 7.53. The molecule has 1 aliphatic rings. The van der Waals surface area contributed by atoms with Crippen molar-refractivity contribution < 1.29 is 13.2 Å². The lowest BCUT2D eigenvalue weighted by Gasteiger charge is -2.21. The van der Waals surface area contributed by atoms with Crippen molar-refractivity contribution >= 4 is 32.5 Å². The van der Waals surface area contributed by atoms with E-state index in [9.17, 15) is 22.8 Å². The van der Waals surface area contributed by atoms with Crippen molar-refractivity contribution in [3.8, 4) is 0 Å². The Balaban J connectivity index is 1.73. The number of hydrogen-bond acceptors (Lipinski definition) is 5. The second kappa shape index (κ2) is 9.46. The Morgan fingerprint density at radius 2 is 1.71 bits per heavy atom. The van der Waals surface area contributed by atoms with Crippen molar-refractivity contribution in [2.75, 3.05) is 17.8 Å². The first kappa shape index (κ1) is 23.7. The smallest absolute Gasteiger partial charge is 0.331 e. The molecule has 0 atom stereocenters. The molecule has 180 valence electrons. The summed E-state index contributed by atoms with van der Waals surface area (Å²) < 4.78 is 30.6. The maximum atomic E-state index is 13.2. The number of carbonyl (C=O) groups is 1. The number of amides is 1. The van der Waals surface area contributed by atoms with Gasteiger partial charge in [-0.15, -0.1) is 0 Å². The van der Waals surface area contributed by atoms with Crippen LogP contribution in [0.5, 0.6) is 0 Å². The van der Waals surface area contributed by atoms with Gasteiger partial charge in [0.25, 0.3) is 15.6 Å². The lowest BCUT2D eigenvalue weighted by molar-refractivity contribution is -0.131. The summed E-state index contributed by atoms with van der Waals surface area (Å²) in [7, 11) is -2.48. The Labute approximate surface area is 197 Å². The zero-order valence-electron chi connectivity index (χ0n) is 19.3. The molecule has 3 aromatic rings. The maximum Gasteiger partial charge on any atom is 0.331 e. The van der Waals surface area contributed by atoms with Gasteiger partial charge < -0.3 is 4.90 Å². The van der Waals surface area contributed by atoms with Gasteiger partial charge in [0.15, 0.2) is 0 Å². The maximum absolute atomic E-state index is 13.2. The number of benzene rings is 2. The van der Waals surface area contributed by atoms with Gasteiger partial charge in [0.05, 0.1) is 15.8 Å². The molecule has 1 N–H and O–H groups in total. The first-order valence-electron chi connectivity index (χ1n) is 11.3. The van der Waals surface area contributed by atoms with Gasteiger partial charge in [0, 0.05) is 25.8 Å². The number of anilines is 1. The first-order valence-corrected chi connectivity index (χ1v) is 12.8. The van der Waals surface area contributed by atoms with Crippen LogP contribution in [0.1, 0.15) is 31.2 Å². The van der Waals surface area contributed by atoms with E-state index in [4.69, 9.17) is 0 Å². The molecule has 1 amide bonds. The number of hydrogen-bond donors (Lipinski definition) is 1. The molecule has 1 aromatic heterocycles. The van der Waals surface area contributed by atoms with E-state index < -0.39 is 21.3 Å². The summed E-state index contributed by atoms with van der Waals surface area (Å²) in [5.74, 6) is -0.287. The number of rotatable bonds is 5. The molecule has 0 aliphatic carbocycles. The number of nitrogens with one attached hydrogen (secondary N) is 1. The van der Waals surface area contributed by atoms with Gasteiger partial charge in [-0.3, -0.25) is 23.4 Å². The van der Waals surface area contributed by atoms with Gasteiger partial charge in [-0.25, -0.2) is 13.2 Å². The molecular formula is C24H28N4O5S. The molecule has 0 spiro atoms. The molecule has 0 saturated carbocycles. The van der Waals surface area contributed by atoms with Crippen LogP contribution in [0.15, 0.2) is 56.9 Å². The van der Waals surface area contributed by atoms with E-state index in [1.165, 1.54) is 29.8 Å². The summed E-state index contributed by atoms with van der Waals surface area (Å²) in [6.45, 7) is 2.69. The number of sulfonamides is 1. The van der Waals surface area contributed by atoms with Gasteiger partial charge in [-0.05, 0) is 55.7 Å². The normalized spacial score (nSPS) is 14.7. The molecular weight excluding hydrogens is 456 g/mol. The van der Waals surface area contributed by atoms with Crippen LogP contribution in [0.4, 0.5) is 5.69 Å². The molecule has 0 bridgehead atoms. The topological polar surface area (TPSA) is 110 Å². The van der Waals surface area contributed by atoms with E-state index in [1.807, 2.05) is 13.0 Å². The third-order valence-electron chi connectivity index (χ3n) is 6.16. The Kier molecular flexibility index (Phi) is 6.60. The van der Waals surface area contributed by atoms with Crippen molar-refractivity contribution in [2.24, 2.45) is 7.05 Å². The van der Waals surface area contributed by atoms with Crippen LogP contribution in [0.25, 0.3) is 10.9 Å². The highest BCUT2D eigenvalue weighted by atomic mass is 32.2. The third kappa shape index (κ3) is 4.77. The molecule has 1 saturated heterocycles.